The minimum absolute atomic E-state index is 0.0607. The second kappa shape index (κ2) is 9.17. The summed E-state index contributed by atoms with van der Waals surface area (Å²) >= 11 is 1.20. The molecule has 1 aromatic heterocycles. The minimum Gasteiger partial charge on any atom is -0.486 e. The molecule has 2 fully saturated rings. The first-order valence-electron chi connectivity index (χ1n) is 11.1. The van der Waals surface area contributed by atoms with Crippen LogP contribution in [0.3, 0.4) is 0 Å². The first-order valence-corrected chi connectivity index (χ1v) is 13.9. The Labute approximate surface area is 199 Å². The predicted molar refractivity (Wildman–Crippen MR) is 127 cm³/mol. The van der Waals surface area contributed by atoms with Gasteiger partial charge in [0.25, 0.3) is 0 Å². The number of carbonyl (C=O) groups excluding carboxylic acids is 1. The van der Waals surface area contributed by atoms with Crippen LogP contribution in [0.1, 0.15) is 51.4 Å². The van der Waals surface area contributed by atoms with Crippen molar-refractivity contribution in [2.45, 2.75) is 69.3 Å². The number of amides is 1. The van der Waals surface area contributed by atoms with E-state index in [-0.39, 0.29) is 47.3 Å². The van der Waals surface area contributed by atoms with E-state index >= 15 is 0 Å². The third-order valence-corrected chi connectivity index (χ3v) is 8.66. The number of nitrogens with zero attached hydrogens (tertiary/aromatic N) is 4. The van der Waals surface area contributed by atoms with Gasteiger partial charge in [0.15, 0.2) is 15.7 Å². The Kier molecular flexibility index (Phi) is 6.63. The van der Waals surface area contributed by atoms with E-state index in [9.17, 15) is 13.2 Å². The van der Waals surface area contributed by atoms with Gasteiger partial charge in [-0.25, -0.2) is 13.1 Å². The number of benzene rings is 1. The zero-order valence-corrected chi connectivity index (χ0v) is 20.9. The van der Waals surface area contributed by atoms with Crippen LogP contribution in [0.2, 0.25) is 0 Å². The number of thioether (sulfide) groups is 1. The van der Waals surface area contributed by atoms with Crippen LogP contribution in [0.5, 0.6) is 5.75 Å². The standard InChI is InChI=1S/C22H31N5O4S2/c1-22(2,3)15-4-8-18(9-5-15)31-12-19-24-25-21(27(19)23)32-13-20(28)26(16-6-7-16)17-10-11-33(29,30)14-17/h4-5,8-9,16-17H,6-7,10-14,23H2,1-3H3. The van der Waals surface area contributed by atoms with Gasteiger partial charge in [-0.2, -0.15) is 0 Å². The molecule has 2 aliphatic rings. The van der Waals surface area contributed by atoms with Crippen molar-refractivity contribution < 1.29 is 17.9 Å². The molecule has 1 unspecified atom stereocenters. The SMILES string of the molecule is CC(C)(C)c1ccc(OCc2nnc(SCC(=O)N(C3CC3)C3CCS(=O)(=O)C3)n2N)cc1. The maximum Gasteiger partial charge on any atom is 0.233 e. The number of carbonyl (C=O) groups is 1. The molecule has 1 atom stereocenters. The van der Waals surface area contributed by atoms with E-state index in [1.54, 1.807) is 4.90 Å². The van der Waals surface area contributed by atoms with E-state index in [4.69, 9.17) is 10.6 Å². The summed E-state index contributed by atoms with van der Waals surface area (Å²) in [4.78, 5) is 14.7. The summed E-state index contributed by atoms with van der Waals surface area (Å²) in [7, 11) is -3.05. The quantitative estimate of drug-likeness (QED) is 0.439. The fraction of sp³-hybridized carbons (Fsp3) is 0.591. The topological polar surface area (TPSA) is 120 Å². The molecule has 4 rings (SSSR count). The van der Waals surface area contributed by atoms with Crippen LogP contribution in [0, 0.1) is 0 Å². The van der Waals surface area contributed by atoms with Gasteiger partial charge in [0.1, 0.15) is 12.4 Å². The van der Waals surface area contributed by atoms with Crippen molar-refractivity contribution in [3.05, 3.63) is 35.7 Å². The number of ether oxygens (including phenoxy) is 1. The summed E-state index contributed by atoms with van der Waals surface area (Å²) in [6.45, 7) is 6.62. The van der Waals surface area contributed by atoms with Crippen molar-refractivity contribution in [1.29, 1.82) is 0 Å². The highest BCUT2D eigenvalue weighted by Crippen LogP contribution is 2.33. The molecule has 2 N–H and O–H groups in total. The Morgan fingerprint density at radius 3 is 2.45 bits per heavy atom. The van der Waals surface area contributed by atoms with E-state index in [0.29, 0.717) is 23.2 Å². The highest BCUT2D eigenvalue weighted by Gasteiger charge is 2.42. The summed E-state index contributed by atoms with van der Waals surface area (Å²) in [6.07, 6.45) is 2.37. The lowest BCUT2D eigenvalue weighted by atomic mass is 9.87. The second-order valence-electron chi connectivity index (χ2n) is 9.71. The summed E-state index contributed by atoms with van der Waals surface area (Å²) in [5.74, 6) is 7.56. The summed E-state index contributed by atoms with van der Waals surface area (Å²) in [6, 6.07) is 7.84. The molecule has 180 valence electrons. The van der Waals surface area contributed by atoms with Crippen LogP contribution in [-0.4, -0.2) is 63.4 Å². The van der Waals surface area contributed by atoms with E-state index in [0.717, 1.165) is 12.8 Å². The lowest BCUT2D eigenvalue weighted by Gasteiger charge is -2.28. The van der Waals surface area contributed by atoms with Crippen LogP contribution in [0.15, 0.2) is 29.4 Å². The predicted octanol–water partition coefficient (Wildman–Crippen LogP) is 2.14. The fourth-order valence-electron chi connectivity index (χ4n) is 3.96. The van der Waals surface area contributed by atoms with Gasteiger partial charge in [0.05, 0.1) is 17.3 Å². The van der Waals surface area contributed by atoms with Gasteiger partial charge in [-0.1, -0.05) is 44.7 Å². The van der Waals surface area contributed by atoms with E-state index in [2.05, 4.69) is 31.0 Å². The van der Waals surface area contributed by atoms with Crippen molar-refractivity contribution in [2.75, 3.05) is 23.1 Å². The molecule has 11 heteroatoms. The maximum absolute atomic E-state index is 12.9. The second-order valence-corrected chi connectivity index (χ2v) is 12.9. The normalized spacial score (nSPS) is 20.0. The van der Waals surface area contributed by atoms with Crippen LogP contribution in [0.4, 0.5) is 0 Å². The first-order chi connectivity index (χ1) is 15.5. The largest absolute Gasteiger partial charge is 0.486 e. The molecule has 1 aliphatic carbocycles. The number of hydrogen-bond donors (Lipinski definition) is 1. The van der Waals surface area contributed by atoms with Crippen LogP contribution in [0.25, 0.3) is 0 Å². The van der Waals surface area contributed by atoms with Gasteiger partial charge in [0.2, 0.25) is 11.1 Å². The van der Waals surface area contributed by atoms with Crippen LogP contribution >= 0.6 is 11.8 Å². The molecule has 2 aromatic rings. The Morgan fingerprint density at radius 2 is 1.88 bits per heavy atom. The van der Waals surface area contributed by atoms with Crippen LogP contribution in [-0.2, 0) is 26.7 Å². The third kappa shape index (κ3) is 5.81. The number of sulfone groups is 1. The molecule has 2 heterocycles. The summed E-state index contributed by atoms with van der Waals surface area (Å²) in [5.41, 5.74) is 1.29. The average molecular weight is 494 g/mol. The molecule has 0 radical (unpaired) electrons. The number of rotatable bonds is 8. The fourth-order valence-corrected chi connectivity index (χ4v) is 6.41. The Hall–Kier alpha value is -2.27. The van der Waals surface area contributed by atoms with Gasteiger partial charge in [-0.15, -0.1) is 10.2 Å². The Morgan fingerprint density at radius 1 is 1.18 bits per heavy atom. The lowest BCUT2D eigenvalue weighted by Crippen LogP contribution is -2.43. The monoisotopic (exact) mass is 493 g/mol. The third-order valence-electron chi connectivity index (χ3n) is 5.98. The smallest absolute Gasteiger partial charge is 0.233 e. The van der Waals surface area contributed by atoms with Crippen LogP contribution < -0.4 is 10.6 Å². The number of hydrogen-bond acceptors (Lipinski definition) is 8. The number of nitrogen functional groups attached to an aromatic ring is 1. The first kappa shape index (κ1) is 23.9. The van der Waals surface area contributed by atoms with Crippen molar-refractivity contribution in [3.63, 3.8) is 0 Å². The molecule has 1 saturated carbocycles. The van der Waals surface area contributed by atoms with Gasteiger partial charge in [-0.3, -0.25) is 4.79 Å². The van der Waals surface area contributed by atoms with Crippen molar-refractivity contribution >= 4 is 27.5 Å². The molecule has 9 nitrogen and oxygen atoms in total. The highest BCUT2D eigenvalue weighted by molar-refractivity contribution is 7.99. The van der Waals surface area contributed by atoms with Gasteiger partial charge >= 0.3 is 0 Å². The highest BCUT2D eigenvalue weighted by atomic mass is 32.2. The molecule has 33 heavy (non-hydrogen) atoms. The summed E-state index contributed by atoms with van der Waals surface area (Å²) in [5, 5.41) is 8.60. The van der Waals surface area contributed by atoms with Crippen molar-refractivity contribution in [2.24, 2.45) is 0 Å². The molecular weight excluding hydrogens is 462 g/mol. The van der Waals surface area contributed by atoms with E-state index < -0.39 is 9.84 Å². The van der Waals surface area contributed by atoms with Crippen molar-refractivity contribution in [1.82, 2.24) is 19.8 Å². The maximum atomic E-state index is 12.9. The Bertz CT molecular complexity index is 1100. The average Bonchev–Trinajstić information content (AvgIpc) is 3.42. The van der Waals surface area contributed by atoms with Crippen molar-refractivity contribution in [3.8, 4) is 5.75 Å². The molecule has 1 aromatic carbocycles. The summed E-state index contributed by atoms with van der Waals surface area (Å²) < 4.78 is 30.9. The lowest BCUT2D eigenvalue weighted by molar-refractivity contribution is -0.130. The molecule has 1 amide bonds. The van der Waals surface area contributed by atoms with E-state index in [1.165, 1.54) is 22.0 Å². The Balaban J connectivity index is 1.32. The molecule has 1 aliphatic heterocycles. The number of nitrogens with two attached hydrogens (primary N) is 1. The van der Waals surface area contributed by atoms with Gasteiger partial charge in [0, 0.05) is 12.1 Å². The zero-order chi connectivity index (χ0) is 23.8. The molecular formula is C22H31N5O4S2. The van der Waals surface area contributed by atoms with Gasteiger partial charge < -0.3 is 15.5 Å². The zero-order valence-electron chi connectivity index (χ0n) is 19.2. The number of aromatic nitrogens is 3. The molecule has 0 bridgehead atoms. The minimum atomic E-state index is -3.05. The molecule has 0 spiro atoms. The molecule has 1 saturated heterocycles. The van der Waals surface area contributed by atoms with Gasteiger partial charge in [-0.05, 0) is 42.4 Å². The van der Waals surface area contributed by atoms with E-state index in [1.807, 2.05) is 24.3 Å².